The van der Waals surface area contributed by atoms with Crippen LogP contribution in [0.3, 0.4) is 0 Å². The summed E-state index contributed by atoms with van der Waals surface area (Å²) in [4.78, 5) is 14.4. The van der Waals surface area contributed by atoms with Gasteiger partial charge in [0.05, 0.1) is 6.54 Å². The minimum absolute atomic E-state index is 0.261. The van der Waals surface area contributed by atoms with Gasteiger partial charge in [0.2, 0.25) is 0 Å². The van der Waals surface area contributed by atoms with Gasteiger partial charge in [0, 0.05) is 11.0 Å². The zero-order valence-corrected chi connectivity index (χ0v) is 20.3. The first-order valence-electron chi connectivity index (χ1n) is 10.8. The van der Waals surface area contributed by atoms with Crippen LogP contribution < -0.4 is 4.90 Å². The van der Waals surface area contributed by atoms with E-state index in [1.165, 1.54) is 5.56 Å². The maximum absolute atomic E-state index is 12.7. The summed E-state index contributed by atoms with van der Waals surface area (Å²) in [6, 6.07) is 37.8. The molecule has 0 atom stereocenters. The zero-order valence-electron chi connectivity index (χ0n) is 18.7. The van der Waals surface area contributed by atoms with E-state index in [-0.39, 0.29) is 12.7 Å². The van der Waals surface area contributed by atoms with Crippen molar-refractivity contribution in [3.8, 4) is 0 Å². The fourth-order valence-corrected chi connectivity index (χ4v) is 3.49. The Bertz CT molecular complexity index is 1080. The number of ether oxygens (including phenoxy) is 1. The second kappa shape index (κ2) is 13.2. The number of alkyl halides is 1. The summed E-state index contributed by atoms with van der Waals surface area (Å²) in [5.41, 5.74) is 5.33. The van der Waals surface area contributed by atoms with Crippen molar-refractivity contribution in [1.29, 1.82) is 0 Å². The van der Waals surface area contributed by atoms with Crippen LogP contribution in [0.5, 0.6) is 0 Å². The topological polar surface area (TPSA) is 29.5 Å². The first-order valence-corrected chi connectivity index (χ1v) is 12.0. The Kier molecular flexibility index (Phi) is 9.74. The molecule has 0 fully saturated rings. The Morgan fingerprint density at radius 3 is 1.67 bits per heavy atom. The van der Waals surface area contributed by atoms with Crippen molar-refractivity contribution < 1.29 is 9.53 Å². The van der Waals surface area contributed by atoms with Crippen LogP contribution in [-0.4, -0.2) is 6.09 Å². The highest BCUT2D eigenvalue weighted by atomic mass is 79.9. The van der Waals surface area contributed by atoms with Crippen LogP contribution in [0, 0.1) is 6.92 Å². The lowest BCUT2D eigenvalue weighted by molar-refractivity contribution is 0.146. The fourth-order valence-electron chi connectivity index (χ4n) is 3.12. The summed E-state index contributed by atoms with van der Waals surface area (Å²) in [6.45, 7) is 2.76. The third-order valence-corrected chi connectivity index (χ3v) is 5.60. The summed E-state index contributed by atoms with van der Waals surface area (Å²) >= 11 is 3.36. The van der Waals surface area contributed by atoms with E-state index in [1.54, 1.807) is 4.90 Å². The molecule has 0 aliphatic carbocycles. The SMILES string of the molecule is BrCc1ccccc1.Cc1ccc(N(Cc2ccccc2)C(=O)OCc2ccccc2)cc1. The van der Waals surface area contributed by atoms with Crippen molar-refractivity contribution >= 4 is 27.7 Å². The molecule has 3 nitrogen and oxygen atoms in total. The Morgan fingerprint density at radius 1 is 0.697 bits per heavy atom. The smallest absolute Gasteiger partial charge is 0.414 e. The third-order valence-electron chi connectivity index (χ3n) is 4.95. The molecule has 0 aliphatic rings. The minimum Gasteiger partial charge on any atom is -0.444 e. The lowest BCUT2D eigenvalue weighted by Gasteiger charge is -2.22. The number of hydrogen-bond acceptors (Lipinski definition) is 2. The summed E-state index contributed by atoms with van der Waals surface area (Å²) in [5.74, 6) is 0. The third kappa shape index (κ3) is 8.24. The number of carbonyl (C=O) groups excluding carboxylic acids is 1. The van der Waals surface area contributed by atoms with Crippen LogP contribution in [0.2, 0.25) is 0 Å². The molecule has 0 spiro atoms. The van der Waals surface area contributed by atoms with Crippen molar-refractivity contribution in [3.63, 3.8) is 0 Å². The summed E-state index contributed by atoms with van der Waals surface area (Å²) < 4.78 is 5.53. The van der Waals surface area contributed by atoms with E-state index in [2.05, 4.69) is 28.1 Å². The number of benzene rings is 4. The maximum atomic E-state index is 12.7. The molecule has 0 aliphatic heterocycles. The molecule has 0 heterocycles. The van der Waals surface area contributed by atoms with E-state index in [4.69, 9.17) is 4.74 Å². The van der Waals surface area contributed by atoms with Gasteiger partial charge in [-0.15, -0.1) is 0 Å². The maximum Gasteiger partial charge on any atom is 0.414 e. The molecular formula is C29H28BrNO2. The second-order valence-electron chi connectivity index (χ2n) is 7.57. The first kappa shape index (κ1) is 24.3. The molecule has 4 aromatic rings. The van der Waals surface area contributed by atoms with Crippen LogP contribution >= 0.6 is 15.9 Å². The quantitative estimate of drug-likeness (QED) is 0.251. The van der Waals surface area contributed by atoms with Gasteiger partial charge in [-0.3, -0.25) is 4.90 Å². The Labute approximate surface area is 204 Å². The van der Waals surface area contributed by atoms with Gasteiger partial charge in [-0.05, 0) is 35.7 Å². The van der Waals surface area contributed by atoms with E-state index in [9.17, 15) is 4.79 Å². The number of halogens is 1. The largest absolute Gasteiger partial charge is 0.444 e. The average Bonchev–Trinajstić information content (AvgIpc) is 2.88. The number of rotatable bonds is 6. The second-order valence-corrected chi connectivity index (χ2v) is 8.13. The Morgan fingerprint density at radius 2 is 1.18 bits per heavy atom. The Hall–Kier alpha value is -3.37. The van der Waals surface area contributed by atoms with Gasteiger partial charge < -0.3 is 4.74 Å². The van der Waals surface area contributed by atoms with E-state index >= 15 is 0 Å². The molecule has 0 bridgehead atoms. The molecule has 0 radical (unpaired) electrons. The van der Waals surface area contributed by atoms with Gasteiger partial charge in [0.25, 0.3) is 0 Å². The molecule has 0 N–H and O–H groups in total. The lowest BCUT2D eigenvalue weighted by Crippen LogP contribution is -2.31. The van der Waals surface area contributed by atoms with Gasteiger partial charge in [-0.1, -0.05) is 125 Å². The predicted molar refractivity (Wildman–Crippen MR) is 140 cm³/mol. The highest BCUT2D eigenvalue weighted by Crippen LogP contribution is 2.20. The number of carbonyl (C=O) groups is 1. The van der Waals surface area contributed by atoms with Gasteiger partial charge in [-0.2, -0.15) is 0 Å². The number of nitrogens with zero attached hydrogens (tertiary/aromatic N) is 1. The van der Waals surface area contributed by atoms with E-state index in [0.717, 1.165) is 27.7 Å². The average molecular weight is 502 g/mol. The van der Waals surface area contributed by atoms with Crippen LogP contribution in [0.25, 0.3) is 0 Å². The van der Waals surface area contributed by atoms with E-state index in [1.807, 2.05) is 110 Å². The molecule has 33 heavy (non-hydrogen) atoms. The predicted octanol–water partition coefficient (Wildman–Crippen LogP) is 7.92. The van der Waals surface area contributed by atoms with Crippen LogP contribution in [0.1, 0.15) is 22.3 Å². The number of hydrogen-bond donors (Lipinski definition) is 0. The molecular weight excluding hydrogens is 474 g/mol. The summed E-state index contributed by atoms with van der Waals surface area (Å²) in [5, 5.41) is 0.952. The molecule has 0 saturated heterocycles. The molecule has 4 rings (SSSR count). The monoisotopic (exact) mass is 501 g/mol. The molecule has 0 aromatic heterocycles. The normalized spacial score (nSPS) is 10.0. The minimum atomic E-state index is -0.350. The van der Waals surface area contributed by atoms with Crippen LogP contribution in [-0.2, 0) is 23.2 Å². The number of anilines is 1. The number of amides is 1. The van der Waals surface area contributed by atoms with E-state index in [0.29, 0.717) is 6.54 Å². The van der Waals surface area contributed by atoms with Gasteiger partial charge >= 0.3 is 6.09 Å². The highest BCUT2D eigenvalue weighted by Gasteiger charge is 2.18. The van der Waals surface area contributed by atoms with Crippen molar-refractivity contribution in [2.75, 3.05) is 4.90 Å². The fraction of sp³-hybridized carbons (Fsp3) is 0.138. The standard InChI is InChI=1S/C22H21NO2.C7H7Br/c1-18-12-14-21(15-13-18)23(16-19-8-4-2-5-9-19)22(24)25-17-20-10-6-3-7-11-20;8-6-7-4-2-1-3-5-7/h2-15H,16-17H2,1H3;1-5H,6H2. The highest BCUT2D eigenvalue weighted by molar-refractivity contribution is 9.08. The van der Waals surface area contributed by atoms with Gasteiger partial charge in [-0.25, -0.2) is 4.79 Å². The molecule has 4 heteroatoms. The molecule has 0 saturated carbocycles. The summed E-state index contributed by atoms with van der Waals surface area (Å²) in [7, 11) is 0. The molecule has 1 amide bonds. The van der Waals surface area contributed by atoms with Gasteiger partial charge in [0.15, 0.2) is 0 Å². The molecule has 4 aromatic carbocycles. The van der Waals surface area contributed by atoms with Crippen molar-refractivity contribution in [3.05, 3.63) is 138 Å². The first-order chi connectivity index (χ1) is 16.2. The molecule has 168 valence electrons. The van der Waals surface area contributed by atoms with Crippen LogP contribution in [0.15, 0.2) is 115 Å². The molecule has 0 unspecified atom stereocenters. The van der Waals surface area contributed by atoms with Crippen molar-refractivity contribution in [1.82, 2.24) is 0 Å². The number of aryl methyl sites for hydroxylation is 1. The van der Waals surface area contributed by atoms with Crippen LogP contribution in [0.4, 0.5) is 10.5 Å². The van der Waals surface area contributed by atoms with E-state index < -0.39 is 0 Å². The van der Waals surface area contributed by atoms with Crippen molar-refractivity contribution in [2.24, 2.45) is 0 Å². The lowest BCUT2D eigenvalue weighted by atomic mass is 10.2. The van der Waals surface area contributed by atoms with Crippen molar-refractivity contribution in [2.45, 2.75) is 25.4 Å². The zero-order chi connectivity index (χ0) is 23.3. The van der Waals surface area contributed by atoms with Gasteiger partial charge in [0.1, 0.15) is 6.61 Å². The Balaban J connectivity index is 0.000000323. The summed E-state index contributed by atoms with van der Waals surface area (Å²) in [6.07, 6.45) is -0.350.